The summed E-state index contributed by atoms with van der Waals surface area (Å²) in [6.07, 6.45) is 2.55. The zero-order valence-corrected chi connectivity index (χ0v) is 15.4. The Hall–Kier alpha value is -2.52. The third-order valence-corrected chi connectivity index (χ3v) is 4.00. The average molecular weight is 365 g/mol. The van der Waals surface area contributed by atoms with Gasteiger partial charge in [0.1, 0.15) is 11.5 Å². The van der Waals surface area contributed by atoms with Crippen LogP contribution < -0.4 is 10.6 Å². The van der Waals surface area contributed by atoms with Gasteiger partial charge in [0.05, 0.1) is 30.7 Å². The van der Waals surface area contributed by atoms with E-state index in [1.54, 1.807) is 24.6 Å². The highest BCUT2D eigenvalue weighted by molar-refractivity contribution is 7.13. The van der Waals surface area contributed by atoms with E-state index in [-0.39, 0.29) is 24.8 Å². The normalized spacial score (nSPS) is 9.88. The summed E-state index contributed by atoms with van der Waals surface area (Å²) in [7, 11) is 1.70. The van der Waals surface area contributed by atoms with Crippen LogP contribution in [0.25, 0.3) is 0 Å². The largest absolute Gasteiger partial charge is 0.511 e. The lowest BCUT2D eigenvalue weighted by molar-refractivity contribution is -0.120. The SMILES string of the molecule is C=C(O)Cn1cc(CNC(=O)CNC)nn1.Cc1cc(C)c(C=O)s1. The fourth-order valence-corrected chi connectivity index (χ4v) is 2.72. The maximum Gasteiger partial charge on any atom is 0.234 e. The van der Waals surface area contributed by atoms with E-state index in [0.717, 1.165) is 16.7 Å². The van der Waals surface area contributed by atoms with E-state index in [4.69, 9.17) is 5.11 Å². The zero-order chi connectivity index (χ0) is 18.8. The van der Waals surface area contributed by atoms with Gasteiger partial charge in [0, 0.05) is 4.88 Å². The number of carbonyl (C=O) groups is 2. The maximum absolute atomic E-state index is 11.1. The van der Waals surface area contributed by atoms with Crippen molar-refractivity contribution in [2.45, 2.75) is 26.9 Å². The van der Waals surface area contributed by atoms with Crippen LogP contribution in [-0.4, -0.2) is 45.9 Å². The Morgan fingerprint density at radius 2 is 2.20 bits per heavy atom. The average Bonchev–Trinajstić information content (AvgIpc) is 3.11. The molecule has 0 aliphatic heterocycles. The Labute approximate surface area is 150 Å². The molecule has 2 aromatic heterocycles. The fraction of sp³-hybridized carbons (Fsp3) is 0.375. The number of aldehydes is 1. The number of aromatic nitrogens is 3. The van der Waals surface area contributed by atoms with Crippen LogP contribution in [0.1, 0.15) is 25.8 Å². The number of likely N-dealkylation sites (N-methyl/N-ethyl adjacent to an activating group) is 1. The van der Waals surface area contributed by atoms with E-state index in [1.807, 2.05) is 19.9 Å². The predicted octanol–water partition coefficient (Wildman–Crippen LogP) is 1.36. The molecule has 9 heteroatoms. The van der Waals surface area contributed by atoms with E-state index in [9.17, 15) is 9.59 Å². The van der Waals surface area contributed by atoms with E-state index in [0.29, 0.717) is 12.2 Å². The molecule has 0 aliphatic rings. The molecule has 136 valence electrons. The molecule has 3 N–H and O–H groups in total. The third-order valence-electron chi connectivity index (χ3n) is 2.92. The van der Waals surface area contributed by atoms with Crippen molar-refractivity contribution >= 4 is 23.5 Å². The second-order valence-corrected chi connectivity index (χ2v) is 6.59. The lowest BCUT2D eigenvalue weighted by Crippen LogP contribution is -2.31. The Balaban J connectivity index is 0.000000293. The molecule has 0 saturated carbocycles. The summed E-state index contributed by atoms with van der Waals surface area (Å²) in [5.41, 5.74) is 1.72. The first-order valence-corrected chi connectivity index (χ1v) is 8.36. The van der Waals surface area contributed by atoms with Gasteiger partial charge in [-0.25, -0.2) is 4.68 Å². The van der Waals surface area contributed by atoms with Crippen LogP contribution in [0.3, 0.4) is 0 Å². The third kappa shape index (κ3) is 7.73. The molecule has 8 nitrogen and oxygen atoms in total. The van der Waals surface area contributed by atoms with Gasteiger partial charge in [-0.05, 0) is 32.5 Å². The standard InChI is InChI=1S/C9H15N5O2.C7H8OS/c1-7(15)5-14-6-8(12-13-14)3-11-9(16)4-10-2;1-5-3-6(2)9-7(5)4-8/h6,10,15H,1,3-5H2,2H3,(H,11,16);3-4H,1-2H3. The van der Waals surface area contributed by atoms with Gasteiger partial charge in [-0.2, -0.15) is 0 Å². The first-order valence-electron chi connectivity index (χ1n) is 7.55. The summed E-state index contributed by atoms with van der Waals surface area (Å²) in [4.78, 5) is 23.4. The van der Waals surface area contributed by atoms with Gasteiger partial charge in [-0.3, -0.25) is 9.59 Å². The number of hydrogen-bond donors (Lipinski definition) is 3. The molecule has 0 unspecified atom stereocenters. The number of nitrogens with one attached hydrogen (secondary N) is 2. The van der Waals surface area contributed by atoms with E-state index in [1.165, 1.54) is 9.56 Å². The molecular formula is C16H23N5O3S. The van der Waals surface area contributed by atoms with Gasteiger partial charge < -0.3 is 15.7 Å². The minimum absolute atomic E-state index is 0.00988. The van der Waals surface area contributed by atoms with Gasteiger partial charge in [0.2, 0.25) is 5.91 Å². The first kappa shape index (κ1) is 20.5. The summed E-state index contributed by atoms with van der Waals surface area (Å²) < 4.78 is 1.45. The number of aliphatic hydroxyl groups excluding tert-OH is 1. The molecule has 0 fully saturated rings. The van der Waals surface area contributed by atoms with Crippen molar-refractivity contribution in [2.24, 2.45) is 0 Å². The molecule has 2 heterocycles. The predicted molar refractivity (Wildman–Crippen MR) is 96.7 cm³/mol. The Morgan fingerprint density at radius 1 is 1.48 bits per heavy atom. The second kappa shape index (κ2) is 10.4. The van der Waals surface area contributed by atoms with Gasteiger partial charge >= 0.3 is 0 Å². The number of rotatable bonds is 7. The number of allylic oxidation sites excluding steroid dienone is 1. The minimum atomic E-state index is -0.108. The van der Waals surface area contributed by atoms with Crippen molar-refractivity contribution in [2.75, 3.05) is 13.6 Å². The van der Waals surface area contributed by atoms with Crippen LogP contribution in [-0.2, 0) is 17.9 Å². The first-order chi connectivity index (χ1) is 11.8. The highest BCUT2D eigenvalue weighted by Crippen LogP contribution is 2.18. The van der Waals surface area contributed by atoms with Crippen molar-refractivity contribution in [3.63, 3.8) is 0 Å². The number of aliphatic hydroxyl groups is 1. The van der Waals surface area contributed by atoms with Crippen molar-refractivity contribution in [1.29, 1.82) is 0 Å². The topological polar surface area (TPSA) is 109 Å². The van der Waals surface area contributed by atoms with Gasteiger partial charge in [0.25, 0.3) is 0 Å². The number of amides is 1. The monoisotopic (exact) mass is 365 g/mol. The number of nitrogens with zero attached hydrogens (tertiary/aromatic N) is 3. The van der Waals surface area contributed by atoms with Crippen LogP contribution >= 0.6 is 11.3 Å². The fourth-order valence-electron chi connectivity index (χ4n) is 1.87. The van der Waals surface area contributed by atoms with Crippen LogP contribution in [0, 0.1) is 13.8 Å². The van der Waals surface area contributed by atoms with Gasteiger partial charge in [0.15, 0.2) is 6.29 Å². The molecule has 0 bridgehead atoms. The molecule has 0 aliphatic carbocycles. The van der Waals surface area contributed by atoms with Crippen molar-refractivity contribution in [3.05, 3.63) is 45.6 Å². The molecule has 0 radical (unpaired) electrons. The highest BCUT2D eigenvalue weighted by Gasteiger charge is 2.03. The van der Waals surface area contributed by atoms with Crippen LogP contribution in [0.4, 0.5) is 0 Å². The van der Waals surface area contributed by atoms with Crippen LogP contribution in [0.15, 0.2) is 24.6 Å². The number of aryl methyl sites for hydroxylation is 2. The molecule has 25 heavy (non-hydrogen) atoms. The Kier molecular flexibility index (Phi) is 8.51. The van der Waals surface area contributed by atoms with Gasteiger partial charge in [-0.1, -0.05) is 11.8 Å². The van der Waals surface area contributed by atoms with Crippen molar-refractivity contribution < 1.29 is 14.7 Å². The lowest BCUT2D eigenvalue weighted by atomic mass is 10.3. The highest BCUT2D eigenvalue weighted by atomic mass is 32.1. The lowest BCUT2D eigenvalue weighted by Gasteiger charge is -2.00. The number of thiophene rings is 1. The molecule has 0 spiro atoms. The maximum atomic E-state index is 11.1. The van der Waals surface area contributed by atoms with Gasteiger partial charge in [-0.15, -0.1) is 16.4 Å². The van der Waals surface area contributed by atoms with E-state index >= 15 is 0 Å². The van der Waals surface area contributed by atoms with Crippen molar-refractivity contribution in [3.8, 4) is 0 Å². The smallest absolute Gasteiger partial charge is 0.234 e. The Bertz CT molecular complexity index is 723. The molecule has 0 saturated heterocycles. The summed E-state index contributed by atoms with van der Waals surface area (Å²) in [5.74, 6) is -0.0979. The molecule has 2 aromatic rings. The summed E-state index contributed by atoms with van der Waals surface area (Å²) in [6, 6.07) is 2.02. The molecular weight excluding hydrogens is 342 g/mol. The quantitative estimate of drug-likeness (QED) is 0.505. The summed E-state index contributed by atoms with van der Waals surface area (Å²) in [6.45, 7) is 8.09. The molecule has 2 rings (SSSR count). The molecule has 0 aromatic carbocycles. The molecule has 1 amide bonds. The molecule has 0 atom stereocenters. The second-order valence-electron chi connectivity index (χ2n) is 5.30. The summed E-state index contributed by atoms with van der Waals surface area (Å²) in [5, 5.41) is 21.9. The minimum Gasteiger partial charge on any atom is -0.511 e. The Morgan fingerprint density at radius 3 is 2.68 bits per heavy atom. The van der Waals surface area contributed by atoms with Crippen LogP contribution in [0.5, 0.6) is 0 Å². The number of hydrogen-bond acceptors (Lipinski definition) is 7. The van der Waals surface area contributed by atoms with Crippen LogP contribution in [0.2, 0.25) is 0 Å². The van der Waals surface area contributed by atoms with E-state index in [2.05, 4.69) is 27.5 Å². The van der Waals surface area contributed by atoms with E-state index < -0.39 is 0 Å². The summed E-state index contributed by atoms with van der Waals surface area (Å²) >= 11 is 1.55. The number of carbonyl (C=O) groups excluding carboxylic acids is 2. The van der Waals surface area contributed by atoms with Crippen molar-refractivity contribution in [1.82, 2.24) is 25.6 Å². The zero-order valence-electron chi connectivity index (χ0n) is 14.6.